The molecule has 0 aromatic carbocycles. The van der Waals surface area contributed by atoms with Gasteiger partial charge in [0.25, 0.3) is 5.91 Å². The molecule has 0 atom stereocenters. The van der Waals surface area contributed by atoms with E-state index in [0.717, 1.165) is 51.4 Å². The molecule has 1 amide bonds. The molecule has 0 saturated carbocycles. The predicted molar refractivity (Wildman–Crippen MR) is 92.9 cm³/mol. The van der Waals surface area contributed by atoms with E-state index in [1.54, 1.807) is 0 Å². The van der Waals surface area contributed by atoms with E-state index >= 15 is 0 Å². The SMILES string of the molecule is CC.CNCC1CN(C(=O)c2nn3c(c2Cl)CN(C)CCC3)C1. The maximum atomic E-state index is 12.5. The third-order valence-corrected chi connectivity index (χ3v) is 4.66. The van der Waals surface area contributed by atoms with Gasteiger partial charge in [0.05, 0.1) is 10.7 Å². The normalized spacial score (nSPS) is 18.6. The quantitative estimate of drug-likeness (QED) is 0.909. The van der Waals surface area contributed by atoms with Gasteiger partial charge in [0.2, 0.25) is 0 Å². The topological polar surface area (TPSA) is 53.4 Å². The number of nitrogens with one attached hydrogen (secondary N) is 1. The lowest BCUT2D eigenvalue weighted by atomic mass is 10.00. The molecule has 2 aliphatic heterocycles. The molecular weight excluding hydrogens is 314 g/mol. The lowest BCUT2D eigenvalue weighted by molar-refractivity contribution is 0.0497. The van der Waals surface area contributed by atoms with Gasteiger partial charge in [-0.05, 0) is 20.5 Å². The number of nitrogens with zero attached hydrogens (tertiary/aromatic N) is 4. The van der Waals surface area contributed by atoms with Crippen LogP contribution in [0.25, 0.3) is 0 Å². The van der Waals surface area contributed by atoms with Crippen molar-refractivity contribution in [2.45, 2.75) is 33.4 Å². The molecule has 1 aromatic rings. The van der Waals surface area contributed by atoms with Gasteiger partial charge in [0, 0.05) is 45.2 Å². The second-order valence-corrected chi connectivity index (χ2v) is 6.44. The van der Waals surface area contributed by atoms with Crippen LogP contribution in [0.4, 0.5) is 0 Å². The van der Waals surface area contributed by atoms with Crippen LogP contribution < -0.4 is 5.32 Å². The number of halogens is 1. The molecule has 3 heterocycles. The first-order valence-electron chi connectivity index (χ1n) is 8.47. The number of hydrogen-bond donors (Lipinski definition) is 1. The fourth-order valence-corrected chi connectivity index (χ4v) is 3.35. The van der Waals surface area contributed by atoms with Gasteiger partial charge in [0.1, 0.15) is 0 Å². The number of rotatable bonds is 3. The molecular formula is C16H28ClN5O. The monoisotopic (exact) mass is 341 g/mol. The summed E-state index contributed by atoms with van der Waals surface area (Å²) in [6.45, 7) is 9.13. The summed E-state index contributed by atoms with van der Waals surface area (Å²) < 4.78 is 1.91. The first-order chi connectivity index (χ1) is 11.1. The van der Waals surface area contributed by atoms with Crippen molar-refractivity contribution < 1.29 is 4.79 Å². The van der Waals surface area contributed by atoms with Crippen LogP contribution in [-0.4, -0.2) is 65.8 Å². The number of amides is 1. The van der Waals surface area contributed by atoms with Crippen LogP contribution in [0, 0.1) is 5.92 Å². The number of aryl methyl sites for hydroxylation is 1. The summed E-state index contributed by atoms with van der Waals surface area (Å²) in [6, 6.07) is 0. The number of carbonyl (C=O) groups is 1. The Morgan fingerprint density at radius 1 is 1.35 bits per heavy atom. The van der Waals surface area contributed by atoms with Crippen LogP contribution in [0.3, 0.4) is 0 Å². The van der Waals surface area contributed by atoms with Crippen LogP contribution in [0.1, 0.15) is 36.5 Å². The average molecular weight is 342 g/mol. The Hall–Kier alpha value is -1.11. The Balaban J connectivity index is 0.000000924. The molecule has 0 radical (unpaired) electrons. The third kappa shape index (κ3) is 3.87. The lowest BCUT2D eigenvalue weighted by Crippen LogP contribution is -2.53. The van der Waals surface area contributed by atoms with Crippen LogP contribution >= 0.6 is 11.6 Å². The smallest absolute Gasteiger partial charge is 0.275 e. The van der Waals surface area contributed by atoms with Gasteiger partial charge in [-0.15, -0.1) is 0 Å². The Bertz CT molecular complexity index is 539. The summed E-state index contributed by atoms with van der Waals surface area (Å²) in [7, 11) is 4.00. The van der Waals surface area contributed by atoms with E-state index in [1.165, 1.54) is 0 Å². The van der Waals surface area contributed by atoms with Crippen molar-refractivity contribution in [3.8, 4) is 0 Å². The zero-order valence-electron chi connectivity index (χ0n) is 14.6. The molecule has 1 fully saturated rings. The Kier molecular flexibility index (Phi) is 6.44. The average Bonchev–Trinajstić information content (AvgIpc) is 2.70. The van der Waals surface area contributed by atoms with E-state index in [-0.39, 0.29) is 5.91 Å². The molecule has 1 aromatic heterocycles. The zero-order chi connectivity index (χ0) is 17.0. The van der Waals surface area contributed by atoms with E-state index < -0.39 is 0 Å². The van der Waals surface area contributed by atoms with E-state index in [1.807, 2.05) is 30.5 Å². The lowest BCUT2D eigenvalue weighted by Gasteiger charge is -2.38. The molecule has 3 rings (SSSR count). The summed E-state index contributed by atoms with van der Waals surface area (Å²) in [6.07, 6.45) is 1.03. The molecule has 2 aliphatic rings. The minimum Gasteiger partial charge on any atom is -0.336 e. The highest BCUT2D eigenvalue weighted by atomic mass is 35.5. The first kappa shape index (κ1) is 18.2. The number of likely N-dealkylation sites (tertiary alicyclic amines) is 1. The molecule has 0 aliphatic carbocycles. The minimum absolute atomic E-state index is 0.0319. The van der Waals surface area contributed by atoms with E-state index in [2.05, 4.69) is 22.4 Å². The van der Waals surface area contributed by atoms with Gasteiger partial charge in [-0.1, -0.05) is 25.4 Å². The van der Waals surface area contributed by atoms with E-state index in [0.29, 0.717) is 16.6 Å². The molecule has 23 heavy (non-hydrogen) atoms. The zero-order valence-corrected chi connectivity index (χ0v) is 15.4. The van der Waals surface area contributed by atoms with Crippen molar-refractivity contribution in [3.63, 3.8) is 0 Å². The number of carbonyl (C=O) groups excluding carboxylic acids is 1. The summed E-state index contributed by atoms with van der Waals surface area (Å²) in [4.78, 5) is 16.6. The Labute approximate surface area is 143 Å². The van der Waals surface area contributed by atoms with Crippen molar-refractivity contribution in [2.75, 3.05) is 40.3 Å². The molecule has 0 bridgehead atoms. The van der Waals surface area contributed by atoms with Gasteiger partial charge in [0.15, 0.2) is 5.69 Å². The molecule has 7 heteroatoms. The second kappa shape index (κ2) is 8.13. The minimum atomic E-state index is -0.0319. The molecule has 6 nitrogen and oxygen atoms in total. The van der Waals surface area contributed by atoms with Crippen molar-refractivity contribution in [2.24, 2.45) is 5.92 Å². The van der Waals surface area contributed by atoms with Crippen molar-refractivity contribution in [3.05, 3.63) is 16.4 Å². The predicted octanol–water partition coefficient (Wildman–Crippen LogP) is 1.69. The van der Waals surface area contributed by atoms with Crippen LogP contribution in [-0.2, 0) is 13.1 Å². The van der Waals surface area contributed by atoms with E-state index in [4.69, 9.17) is 11.6 Å². The maximum Gasteiger partial charge on any atom is 0.275 e. The largest absolute Gasteiger partial charge is 0.336 e. The summed E-state index contributed by atoms with van der Waals surface area (Å²) in [5.74, 6) is 0.514. The fraction of sp³-hybridized carbons (Fsp3) is 0.750. The van der Waals surface area contributed by atoms with Crippen LogP contribution in [0.5, 0.6) is 0 Å². The molecule has 1 saturated heterocycles. The number of fused-ring (bicyclic) bond motifs is 1. The van der Waals surface area contributed by atoms with Gasteiger partial charge < -0.3 is 15.1 Å². The van der Waals surface area contributed by atoms with Crippen molar-refractivity contribution >= 4 is 17.5 Å². The van der Waals surface area contributed by atoms with Gasteiger partial charge in [-0.25, -0.2) is 0 Å². The fourth-order valence-electron chi connectivity index (χ4n) is 3.08. The summed E-state index contributed by atoms with van der Waals surface area (Å²) >= 11 is 6.43. The van der Waals surface area contributed by atoms with Gasteiger partial charge in [-0.2, -0.15) is 5.10 Å². The highest BCUT2D eigenvalue weighted by molar-refractivity contribution is 6.34. The highest BCUT2D eigenvalue weighted by Gasteiger charge is 2.34. The Morgan fingerprint density at radius 2 is 2.04 bits per heavy atom. The molecule has 0 unspecified atom stereocenters. The van der Waals surface area contributed by atoms with Crippen molar-refractivity contribution in [1.29, 1.82) is 0 Å². The third-order valence-electron chi connectivity index (χ3n) is 4.26. The molecule has 1 N–H and O–H groups in total. The van der Waals surface area contributed by atoms with Gasteiger partial charge in [-0.3, -0.25) is 9.48 Å². The standard InChI is InChI=1S/C14H22ClN5O.C2H6/c1-16-6-10-7-19(8-10)14(21)13-12(15)11-9-18(2)4-3-5-20(11)17-13;1-2/h10,16H,3-9H2,1-2H3;1-2H3. The summed E-state index contributed by atoms with van der Waals surface area (Å²) in [5.41, 5.74) is 1.39. The van der Waals surface area contributed by atoms with Crippen molar-refractivity contribution in [1.82, 2.24) is 24.9 Å². The van der Waals surface area contributed by atoms with Crippen LogP contribution in [0.2, 0.25) is 5.02 Å². The maximum absolute atomic E-state index is 12.5. The second-order valence-electron chi connectivity index (χ2n) is 6.06. The highest BCUT2D eigenvalue weighted by Crippen LogP contribution is 2.27. The molecule has 0 spiro atoms. The van der Waals surface area contributed by atoms with Gasteiger partial charge >= 0.3 is 0 Å². The summed E-state index contributed by atoms with van der Waals surface area (Å²) in [5, 5.41) is 8.15. The number of aromatic nitrogens is 2. The Morgan fingerprint density at radius 3 is 2.70 bits per heavy atom. The first-order valence-corrected chi connectivity index (χ1v) is 8.85. The van der Waals surface area contributed by atoms with E-state index in [9.17, 15) is 4.79 Å². The number of hydrogen-bond acceptors (Lipinski definition) is 4. The molecule has 130 valence electrons. The van der Waals surface area contributed by atoms with Crippen LogP contribution in [0.15, 0.2) is 0 Å².